The van der Waals surface area contributed by atoms with Crippen molar-refractivity contribution in [2.24, 2.45) is 5.14 Å². The van der Waals surface area contributed by atoms with Crippen LogP contribution in [0.3, 0.4) is 0 Å². The second kappa shape index (κ2) is 6.39. The highest BCUT2D eigenvalue weighted by atomic mass is 35.5. The van der Waals surface area contributed by atoms with Gasteiger partial charge in [-0.15, -0.1) is 0 Å². The molecule has 0 fully saturated rings. The van der Waals surface area contributed by atoms with E-state index in [4.69, 9.17) is 21.3 Å². The maximum absolute atomic E-state index is 11.5. The Bertz CT molecular complexity index is 1060. The molecular formula is C17H15ClN4O3S. The zero-order valence-electron chi connectivity index (χ0n) is 13.6. The monoisotopic (exact) mass is 390 g/mol. The third-order valence-corrected chi connectivity index (χ3v) is 5.43. The van der Waals surface area contributed by atoms with Crippen LogP contribution in [0.1, 0.15) is 11.5 Å². The molecule has 1 aliphatic heterocycles. The van der Waals surface area contributed by atoms with Crippen LogP contribution in [-0.2, 0) is 23.0 Å². The van der Waals surface area contributed by atoms with Gasteiger partial charge in [0.1, 0.15) is 0 Å². The average molecular weight is 391 g/mol. The molecule has 3 aromatic rings. The number of sulfonamides is 1. The number of rotatable bonds is 4. The van der Waals surface area contributed by atoms with Gasteiger partial charge in [-0.2, -0.15) is 4.98 Å². The number of benzene rings is 2. The molecule has 0 radical (unpaired) electrons. The van der Waals surface area contributed by atoms with Gasteiger partial charge < -0.3 is 9.42 Å². The largest absolute Gasteiger partial charge is 0.362 e. The minimum absolute atomic E-state index is 0.126. The molecule has 2 heterocycles. The Morgan fingerprint density at radius 2 is 1.96 bits per heavy atom. The molecule has 26 heavy (non-hydrogen) atoms. The fourth-order valence-electron chi connectivity index (χ4n) is 2.99. The molecule has 0 amide bonds. The van der Waals surface area contributed by atoms with Crippen LogP contribution in [0.5, 0.6) is 0 Å². The van der Waals surface area contributed by atoms with E-state index in [-0.39, 0.29) is 4.90 Å². The lowest BCUT2D eigenvalue weighted by atomic mass is 10.2. The molecule has 0 saturated carbocycles. The summed E-state index contributed by atoms with van der Waals surface area (Å²) in [7, 11) is -3.70. The van der Waals surface area contributed by atoms with E-state index in [2.05, 4.69) is 15.0 Å². The Hall–Kier alpha value is -2.42. The van der Waals surface area contributed by atoms with Crippen molar-refractivity contribution in [3.8, 4) is 11.4 Å². The third-order valence-electron chi connectivity index (χ3n) is 4.27. The fourth-order valence-corrected chi connectivity index (χ4v) is 3.68. The van der Waals surface area contributed by atoms with Gasteiger partial charge in [0.05, 0.1) is 11.4 Å². The van der Waals surface area contributed by atoms with E-state index in [0.29, 0.717) is 23.3 Å². The topological polar surface area (TPSA) is 102 Å². The molecule has 0 spiro atoms. The lowest BCUT2D eigenvalue weighted by Gasteiger charge is -2.16. The Morgan fingerprint density at radius 3 is 2.69 bits per heavy atom. The highest BCUT2D eigenvalue weighted by Gasteiger charge is 2.23. The quantitative estimate of drug-likeness (QED) is 0.734. The van der Waals surface area contributed by atoms with Crippen LogP contribution in [0.4, 0.5) is 5.69 Å². The molecule has 2 aromatic carbocycles. The summed E-state index contributed by atoms with van der Waals surface area (Å²) in [6.07, 6.45) is 0.733. The molecule has 1 aromatic heterocycles. The Balaban J connectivity index is 1.54. The van der Waals surface area contributed by atoms with Crippen molar-refractivity contribution >= 4 is 27.3 Å². The normalized spacial score (nSPS) is 13.8. The molecule has 0 unspecified atom stereocenters. The van der Waals surface area contributed by atoms with Gasteiger partial charge >= 0.3 is 0 Å². The molecule has 0 atom stereocenters. The number of anilines is 1. The molecule has 2 N–H and O–H groups in total. The van der Waals surface area contributed by atoms with Crippen molar-refractivity contribution < 1.29 is 12.9 Å². The summed E-state index contributed by atoms with van der Waals surface area (Å²) in [5.41, 5.74) is 2.71. The van der Waals surface area contributed by atoms with Gasteiger partial charge in [-0.3, -0.25) is 0 Å². The van der Waals surface area contributed by atoms with E-state index in [1.165, 1.54) is 6.07 Å². The maximum atomic E-state index is 11.5. The molecule has 9 heteroatoms. The first-order valence-electron chi connectivity index (χ1n) is 7.89. The molecular weight excluding hydrogens is 376 g/mol. The van der Waals surface area contributed by atoms with E-state index in [9.17, 15) is 8.42 Å². The van der Waals surface area contributed by atoms with Crippen LogP contribution in [0.2, 0.25) is 5.02 Å². The van der Waals surface area contributed by atoms with Crippen LogP contribution in [0, 0.1) is 0 Å². The molecule has 7 nitrogen and oxygen atoms in total. The first-order valence-corrected chi connectivity index (χ1v) is 9.82. The molecule has 0 saturated heterocycles. The van der Waals surface area contributed by atoms with E-state index in [1.807, 2.05) is 12.1 Å². The minimum atomic E-state index is -3.70. The molecule has 0 bridgehead atoms. The minimum Gasteiger partial charge on any atom is -0.362 e. The average Bonchev–Trinajstić information content (AvgIpc) is 3.22. The Kier molecular flexibility index (Phi) is 4.18. The van der Waals surface area contributed by atoms with Crippen LogP contribution in [-0.4, -0.2) is 25.1 Å². The summed E-state index contributed by atoms with van der Waals surface area (Å²) in [6, 6.07) is 12.1. The number of fused-ring (bicyclic) bond motifs is 1. The van der Waals surface area contributed by atoms with E-state index >= 15 is 0 Å². The van der Waals surface area contributed by atoms with Gasteiger partial charge in [-0.05, 0) is 54.4 Å². The second-order valence-corrected chi connectivity index (χ2v) is 8.02. The van der Waals surface area contributed by atoms with E-state index < -0.39 is 10.0 Å². The van der Waals surface area contributed by atoms with Gasteiger partial charge in [0.15, 0.2) is 0 Å². The van der Waals surface area contributed by atoms with Gasteiger partial charge in [-0.1, -0.05) is 16.8 Å². The van der Waals surface area contributed by atoms with E-state index in [0.717, 1.165) is 29.8 Å². The van der Waals surface area contributed by atoms with Crippen molar-refractivity contribution in [1.29, 1.82) is 0 Å². The number of nitrogens with two attached hydrogens (primary N) is 1. The lowest BCUT2D eigenvalue weighted by molar-refractivity contribution is 0.377. The predicted octanol–water partition coefficient (Wildman–Crippen LogP) is 2.60. The predicted molar refractivity (Wildman–Crippen MR) is 97.3 cm³/mol. The third kappa shape index (κ3) is 3.31. The second-order valence-electron chi connectivity index (χ2n) is 6.03. The zero-order valence-corrected chi connectivity index (χ0v) is 15.2. The number of nitrogens with zero attached hydrogens (tertiary/aromatic N) is 3. The molecule has 134 valence electrons. The van der Waals surface area contributed by atoms with Gasteiger partial charge in [0.25, 0.3) is 0 Å². The summed E-state index contributed by atoms with van der Waals surface area (Å²) in [4.78, 5) is 6.62. The van der Waals surface area contributed by atoms with Crippen molar-refractivity contribution in [3.63, 3.8) is 0 Å². The Labute approximate surface area is 155 Å². The standard InChI is InChI=1S/C17H15ClN4O3S/c18-13-3-1-11(2-4-13)17-20-16(25-21-17)10-22-8-7-12-9-14(26(19,23)24)5-6-15(12)22/h1-6,9H,7-8,10H2,(H2,19,23,24). The van der Waals surface area contributed by atoms with Gasteiger partial charge in [-0.25, -0.2) is 13.6 Å². The number of primary sulfonamides is 1. The highest BCUT2D eigenvalue weighted by Crippen LogP contribution is 2.31. The Morgan fingerprint density at radius 1 is 1.19 bits per heavy atom. The maximum Gasteiger partial charge on any atom is 0.246 e. The summed E-state index contributed by atoms with van der Waals surface area (Å²) >= 11 is 5.89. The smallest absolute Gasteiger partial charge is 0.246 e. The molecule has 1 aliphatic rings. The van der Waals surface area contributed by atoms with Gasteiger partial charge in [0.2, 0.25) is 21.7 Å². The number of aromatic nitrogens is 2. The summed E-state index contributed by atoms with van der Waals surface area (Å²) < 4.78 is 28.3. The fraction of sp³-hybridized carbons (Fsp3) is 0.176. The zero-order chi connectivity index (χ0) is 18.3. The SMILES string of the molecule is NS(=O)(=O)c1ccc2c(c1)CCN2Cc1nc(-c2ccc(Cl)cc2)no1. The number of hydrogen-bond acceptors (Lipinski definition) is 6. The molecule has 0 aliphatic carbocycles. The van der Waals surface area contributed by atoms with Crippen LogP contribution in [0.15, 0.2) is 51.9 Å². The van der Waals surface area contributed by atoms with Crippen molar-refractivity contribution in [1.82, 2.24) is 10.1 Å². The van der Waals surface area contributed by atoms with Crippen molar-refractivity contribution in [3.05, 3.63) is 58.9 Å². The highest BCUT2D eigenvalue weighted by molar-refractivity contribution is 7.89. The van der Waals surface area contributed by atoms with Crippen molar-refractivity contribution in [2.45, 2.75) is 17.9 Å². The van der Waals surface area contributed by atoms with Gasteiger partial charge in [0, 0.05) is 22.8 Å². The first-order chi connectivity index (χ1) is 12.4. The van der Waals surface area contributed by atoms with Crippen LogP contribution < -0.4 is 10.0 Å². The molecule has 4 rings (SSSR count). The summed E-state index contributed by atoms with van der Waals surface area (Å²) in [6.45, 7) is 1.18. The van der Waals surface area contributed by atoms with Crippen molar-refractivity contribution in [2.75, 3.05) is 11.4 Å². The number of hydrogen-bond donors (Lipinski definition) is 1. The van der Waals surface area contributed by atoms with Crippen LogP contribution >= 0.6 is 11.6 Å². The van der Waals surface area contributed by atoms with E-state index in [1.54, 1.807) is 24.3 Å². The van der Waals surface area contributed by atoms with Crippen LogP contribution in [0.25, 0.3) is 11.4 Å². The lowest BCUT2D eigenvalue weighted by Crippen LogP contribution is -2.20. The summed E-state index contributed by atoms with van der Waals surface area (Å²) in [5.74, 6) is 0.985. The first kappa shape index (κ1) is 17.0. The summed E-state index contributed by atoms with van der Waals surface area (Å²) in [5, 5.41) is 9.85. The number of halogens is 1.